The van der Waals surface area contributed by atoms with E-state index in [1.807, 2.05) is 51.1 Å². The van der Waals surface area contributed by atoms with Crippen LogP contribution in [0.1, 0.15) is 52.0 Å². The number of carbonyl (C=O) groups excluding carboxylic acids is 2. The van der Waals surface area contributed by atoms with Crippen molar-refractivity contribution in [3.8, 4) is 0 Å². The summed E-state index contributed by atoms with van der Waals surface area (Å²) in [7, 11) is 0. The lowest BCUT2D eigenvalue weighted by Gasteiger charge is -2.19. The van der Waals surface area contributed by atoms with Crippen LogP contribution in [0.5, 0.6) is 0 Å². The van der Waals surface area contributed by atoms with Gasteiger partial charge < -0.3 is 14.8 Å². The second kappa shape index (κ2) is 10.8. The molecule has 24 heavy (non-hydrogen) atoms. The van der Waals surface area contributed by atoms with Crippen LogP contribution >= 0.6 is 0 Å². The second-order valence-electron chi connectivity index (χ2n) is 6.71. The van der Waals surface area contributed by atoms with Gasteiger partial charge in [0, 0.05) is 26.0 Å². The number of Topliss-reactive ketones (excluding diaryl/α,β-unsaturated/α-hetero) is 1. The van der Waals surface area contributed by atoms with Crippen molar-refractivity contribution in [1.82, 2.24) is 5.32 Å². The molecule has 5 nitrogen and oxygen atoms in total. The minimum atomic E-state index is -0.500. The topological polar surface area (TPSA) is 64.6 Å². The molecule has 1 amide bonds. The first-order chi connectivity index (χ1) is 11.4. The smallest absolute Gasteiger partial charge is 0.407 e. The van der Waals surface area contributed by atoms with Crippen molar-refractivity contribution in [3.63, 3.8) is 0 Å². The summed E-state index contributed by atoms with van der Waals surface area (Å²) in [6.45, 7) is 7.05. The van der Waals surface area contributed by atoms with E-state index in [2.05, 4.69) is 5.32 Å². The molecule has 0 saturated heterocycles. The normalized spacial score (nSPS) is 11.1. The van der Waals surface area contributed by atoms with Gasteiger partial charge in [-0.15, -0.1) is 0 Å². The van der Waals surface area contributed by atoms with Crippen molar-refractivity contribution in [2.45, 2.75) is 58.7 Å². The van der Waals surface area contributed by atoms with Crippen molar-refractivity contribution in [2.24, 2.45) is 0 Å². The van der Waals surface area contributed by atoms with E-state index in [9.17, 15) is 9.59 Å². The number of hydrogen-bond donors (Lipinski definition) is 1. The van der Waals surface area contributed by atoms with E-state index < -0.39 is 11.7 Å². The lowest BCUT2D eigenvalue weighted by atomic mass is 10.1. The van der Waals surface area contributed by atoms with Gasteiger partial charge in [0.2, 0.25) is 0 Å². The van der Waals surface area contributed by atoms with Crippen molar-refractivity contribution in [2.75, 3.05) is 13.2 Å². The molecule has 0 aliphatic heterocycles. The lowest BCUT2D eigenvalue weighted by Crippen LogP contribution is -2.33. The molecule has 134 valence electrons. The lowest BCUT2D eigenvalue weighted by molar-refractivity contribution is -0.119. The number of ketones is 1. The van der Waals surface area contributed by atoms with Crippen LogP contribution in [-0.2, 0) is 20.9 Å². The maximum Gasteiger partial charge on any atom is 0.407 e. The predicted molar refractivity (Wildman–Crippen MR) is 93.8 cm³/mol. The van der Waals surface area contributed by atoms with Gasteiger partial charge in [0.05, 0.1) is 6.61 Å². The van der Waals surface area contributed by atoms with Gasteiger partial charge in [-0.25, -0.2) is 4.79 Å². The average molecular weight is 335 g/mol. The summed E-state index contributed by atoms with van der Waals surface area (Å²) in [6.07, 6.45) is 1.90. The summed E-state index contributed by atoms with van der Waals surface area (Å²) in [5.41, 5.74) is 0.636. The molecular formula is C19H29NO4. The monoisotopic (exact) mass is 335 g/mol. The Morgan fingerprint density at radius 1 is 1.04 bits per heavy atom. The summed E-state index contributed by atoms with van der Waals surface area (Å²) >= 11 is 0. The molecule has 1 aromatic carbocycles. The van der Waals surface area contributed by atoms with Crippen LogP contribution in [0.15, 0.2) is 30.3 Å². The Morgan fingerprint density at radius 2 is 1.71 bits per heavy atom. The van der Waals surface area contributed by atoms with Crippen molar-refractivity contribution in [1.29, 1.82) is 0 Å². The van der Waals surface area contributed by atoms with E-state index >= 15 is 0 Å². The molecule has 1 aromatic rings. The SMILES string of the molecule is CC(C)(C)OC(=O)NCCCC(=O)CCCOCc1ccccc1. The number of benzene rings is 1. The number of rotatable bonds is 10. The molecule has 0 aliphatic carbocycles. The van der Waals surface area contributed by atoms with Crippen LogP contribution in [0.4, 0.5) is 4.79 Å². The second-order valence-corrected chi connectivity index (χ2v) is 6.71. The van der Waals surface area contributed by atoms with E-state index in [0.717, 1.165) is 12.0 Å². The fourth-order valence-electron chi connectivity index (χ4n) is 2.05. The van der Waals surface area contributed by atoms with Crippen LogP contribution < -0.4 is 5.32 Å². The number of ether oxygens (including phenoxy) is 2. The first kappa shape index (κ1) is 20.2. The third kappa shape index (κ3) is 10.8. The quantitative estimate of drug-likeness (QED) is 0.660. The summed E-state index contributed by atoms with van der Waals surface area (Å²) < 4.78 is 10.7. The molecular weight excluding hydrogens is 306 g/mol. The van der Waals surface area contributed by atoms with Crippen LogP contribution in [0.3, 0.4) is 0 Å². The fraction of sp³-hybridized carbons (Fsp3) is 0.579. The Kier molecular flexibility index (Phi) is 9.08. The standard InChI is InChI=1S/C19H29NO4/c1-19(2,3)24-18(22)20-13-7-11-17(21)12-8-14-23-15-16-9-5-4-6-10-16/h4-6,9-10H,7-8,11-15H2,1-3H3,(H,20,22). The van der Waals surface area contributed by atoms with Crippen LogP contribution in [0.25, 0.3) is 0 Å². The Morgan fingerprint density at radius 3 is 2.38 bits per heavy atom. The van der Waals surface area contributed by atoms with E-state index in [1.165, 1.54) is 0 Å². The van der Waals surface area contributed by atoms with Gasteiger partial charge in [0.15, 0.2) is 0 Å². The van der Waals surface area contributed by atoms with E-state index in [4.69, 9.17) is 9.47 Å². The van der Waals surface area contributed by atoms with Gasteiger partial charge in [-0.3, -0.25) is 4.79 Å². The highest BCUT2D eigenvalue weighted by Gasteiger charge is 2.15. The minimum absolute atomic E-state index is 0.198. The third-order valence-corrected chi connectivity index (χ3v) is 3.16. The molecule has 0 heterocycles. The Balaban J connectivity index is 1.97. The third-order valence-electron chi connectivity index (χ3n) is 3.16. The Labute approximate surface area is 144 Å². The first-order valence-electron chi connectivity index (χ1n) is 8.47. The van der Waals surface area contributed by atoms with Crippen molar-refractivity contribution in [3.05, 3.63) is 35.9 Å². The zero-order valence-electron chi connectivity index (χ0n) is 15.0. The molecule has 1 N–H and O–H groups in total. The van der Waals surface area contributed by atoms with Crippen LogP contribution in [0, 0.1) is 0 Å². The predicted octanol–water partition coefficient (Wildman–Crippen LogP) is 3.86. The molecule has 0 fully saturated rings. The highest BCUT2D eigenvalue weighted by atomic mass is 16.6. The zero-order chi connectivity index (χ0) is 17.8. The van der Waals surface area contributed by atoms with E-state index in [1.54, 1.807) is 0 Å². The molecule has 0 radical (unpaired) electrons. The van der Waals surface area contributed by atoms with Gasteiger partial charge in [-0.2, -0.15) is 0 Å². The highest BCUT2D eigenvalue weighted by Crippen LogP contribution is 2.06. The summed E-state index contributed by atoms with van der Waals surface area (Å²) in [5.74, 6) is 0.198. The van der Waals surface area contributed by atoms with Gasteiger partial charge in [-0.05, 0) is 39.2 Å². The highest BCUT2D eigenvalue weighted by molar-refractivity contribution is 5.78. The summed E-state index contributed by atoms with van der Waals surface area (Å²) in [6, 6.07) is 9.96. The Bertz CT molecular complexity index is 494. The number of carbonyl (C=O) groups is 2. The summed E-state index contributed by atoms with van der Waals surface area (Å²) in [5, 5.41) is 2.65. The first-order valence-corrected chi connectivity index (χ1v) is 8.47. The fourth-order valence-corrected chi connectivity index (χ4v) is 2.05. The molecule has 0 saturated carbocycles. The van der Waals surface area contributed by atoms with Gasteiger partial charge in [0.1, 0.15) is 11.4 Å². The van der Waals surface area contributed by atoms with E-state index in [0.29, 0.717) is 39.0 Å². The molecule has 0 bridgehead atoms. The number of alkyl carbamates (subject to hydrolysis) is 1. The van der Waals surface area contributed by atoms with Gasteiger partial charge in [0.25, 0.3) is 0 Å². The van der Waals surface area contributed by atoms with Crippen LogP contribution in [0.2, 0.25) is 0 Å². The Hall–Kier alpha value is -1.88. The summed E-state index contributed by atoms with van der Waals surface area (Å²) in [4.78, 5) is 23.2. The minimum Gasteiger partial charge on any atom is -0.444 e. The molecule has 0 aliphatic rings. The maximum absolute atomic E-state index is 11.8. The van der Waals surface area contributed by atoms with Gasteiger partial charge in [-0.1, -0.05) is 30.3 Å². The molecule has 5 heteroatoms. The average Bonchev–Trinajstić information content (AvgIpc) is 2.50. The molecule has 0 aromatic heterocycles. The van der Waals surface area contributed by atoms with Crippen LogP contribution in [-0.4, -0.2) is 30.6 Å². The van der Waals surface area contributed by atoms with Crippen molar-refractivity contribution >= 4 is 11.9 Å². The largest absolute Gasteiger partial charge is 0.444 e. The zero-order valence-corrected chi connectivity index (χ0v) is 15.0. The number of nitrogens with one attached hydrogen (secondary N) is 1. The molecule has 0 unspecified atom stereocenters. The number of amides is 1. The molecule has 0 spiro atoms. The molecule has 0 atom stereocenters. The maximum atomic E-state index is 11.8. The van der Waals surface area contributed by atoms with E-state index in [-0.39, 0.29) is 5.78 Å². The molecule has 1 rings (SSSR count). The van der Waals surface area contributed by atoms with Gasteiger partial charge >= 0.3 is 6.09 Å². The number of hydrogen-bond acceptors (Lipinski definition) is 4. The van der Waals surface area contributed by atoms with Crippen molar-refractivity contribution < 1.29 is 19.1 Å².